The average Bonchev–Trinajstić information content (AvgIpc) is 2.39. The Kier molecular flexibility index (Phi) is 6.92. The molecule has 0 atom stereocenters. The zero-order valence-corrected chi connectivity index (χ0v) is 11.0. The van der Waals surface area contributed by atoms with Crippen molar-refractivity contribution in [2.45, 2.75) is 51.9 Å². The van der Waals surface area contributed by atoms with E-state index in [4.69, 9.17) is 0 Å². The molecule has 0 spiro atoms. The molecule has 0 N–H and O–H groups in total. The number of rotatable bonds is 9. The van der Waals surface area contributed by atoms with Gasteiger partial charge in [-0.05, 0) is 18.6 Å². The molecule has 0 saturated carbocycles. The smallest absolute Gasteiger partial charge is 0.170 e. The largest absolute Gasteiger partial charge is 0.299 e. The first kappa shape index (κ1) is 14.6. The molecule has 0 aliphatic rings. The Balaban J connectivity index is 2.22. The van der Waals surface area contributed by atoms with E-state index in [0.717, 1.165) is 12.8 Å². The highest BCUT2D eigenvalue weighted by molar-refractivity contribution is 6.07. The summed E-state index contributed by atoms with van der Waals surface area (Å²) >= 11 is 0. The molecule has 98 valence electrons. The fourth-order valence-electron chi connectivity index (χ4n) is 1.83. The van der Waals surface area contributed by atoms with Gasteiger partial charge < -0.3 is 0 Å². The molecule has 1 rings (SSSR count). The molecule has 0 saturated heterocycles. The maximum atomic E-state index is 11.7. The van der Waals surface area contributed by atoms with Crippen molar-refractivity contribution in [2.24, 2.45) is 0 Å². The number of hydrogen-bond donors (Lipinski definition) is 0. The van der Waals surface area contributed by atoms with Crippen LogP contribution < -0.4 is 0 Å². The second kappa shape index (κ2) is 8.56. The van der Waals surface area contributed by atoms with E-state index in [-0.39, 0.29) is 18.0 Å². The molecule has 0 fully saturated rings. The van der Waals surface area contributed by atoms with E-state index in [0.29, 0.717) is 12.0 Å². The fourth-order valence-corrected chi connectivity index (χ4v) is 1.83. The van der Waals surface area contributed by atoms with Gasteiger partial charge >= 0.3 is 0 Å². The van der Waals surface area contributed by atoms with Gasteiger partial charge in [-0.25, -0.2) is 0 Å². The second-order valence-corrected chi connectivity index (χ2v) is 4.54. The molecule has 0 aliphatic heterocycles. The van der Waals surface area contributed by atoms with E-state index in [1.54, 1.807) is 24.5 Å². The van der Waals surface area contributed by atoms with Crippen molar-refractivity contribution in [3.63, 3.8) is 0 Å². The van der Waals surface area contributed by atoms with Gasteiger partial charge in [0.15, 0.2) is 5.78 Å². The lowest BCUT2D eigenvalue weighted by Crippen LogP contribution is -2.08. The molecule has 1 aromatic rings. The lowest BCUT2D eigenvalue weighted by Gasteiger charge is -2.01. The quantitative estimate of drug-likeness (QED) is 0.380. The zero-order chi connectivity index (χ0) is 13.2. The van der Waals surface area contributed by atoms with Crippen LogP contribution in [-0.2, 0) is 4.79 Å². The van der Waals surface area contributed by atoms with Crippen LogP contribution in [0.2, 0.25) is 0 Å². The maximum absolute atomic E-state index is 11.7. The molecule has 1 aromatic heterocycles. The Morgan fingerprint density at radius 3 is 2.39 bits per heavy atom. The summed E-state index contributed by atoms with van der Waals surface area (Å²) in [6.45, 7) is 2.17. The Bertz CT molecular complexity index is 373. The Morgan fingerprint density at radius 1 is 1.06 bits per heavy atom. The van der Waals surface area contributed by atoms with E-state index < -0.39 is 0 Å². The Hall–Kier alpha value is -1.51. The molecule has 0 unspecified atom stereocenters. The van der Waals surface area contributed by atoms with Gasteiger partial charge in [-0.3, -0.25) is 14.6 Å². The van der Waals surface area contributed by atoms with Crippen LogP contribution in [0.1, 0.15) is 62.2 Å². The minimum Gasteiger partial charge on any atom is -0.299 e. The van der Waals surface area contributed by atoms with Crippen molar-refractivity contribution >= 4 is 11.6 Å². The number of carbonyl (C=O) groups excluding carboxylic acids is 2. The zero-order valence-electron chi connectivity index (χ0n) is 11.0. The third-order valence-electron chi connectivity index (χ3n) is 2.92. The summed E-state index contributed by atoms with van der Waals surface area (Å²) in [5.74, 6) is -0.0516. The number of pyridine rings is 1. The van der Waals surface area contributed by atoms with Crippen molar-refractivity contribution in [2.75, 3.05) is 0 Å². The van der Waals surface area contributed by atoms with Crippen molar-refractivity contribution in [3.05, 3.63) is 30.1 Å². The van der Waals surface area contributed by atoms with E-state index in [1.165, 1.54) is 19.3 Å². The third-order valence-corrected chi connectivity index (χ3v) is 2.92. The van der Waals surface area contributed by atoms with Gasteiger partial charge in [0.2, 0.25) is 0 Å². The van der Waals surface area contributed by atoms with Gasteiger partial charge in [0.25, 0.3) is 0 Å². The van der Waals surface area contributed by atoms with Crippen LogP contribution >= 0.6 is 0 Å². The lowest BCUT2D eigenvalue weighted by atomic mass is 10.0. The molecule has 0 radical (unpaired) electrons. The summed E-state index contributed by atoms with van der Waals surface area (Å²) in [5.41, 5.74) is 0.573. The summed E-state index contributed by atoms with van der Waals surface area (Å²) in [5, 5.41) is 0. The van der Waals surface area contributed by atoms with Crippen LogP contribution in [-0.4, -0.2) is 16.6 Å². The maximum Gasteiger partial charge on any atom is 0.170 e. The van der Waals surface area contributed by atoms with Gasteiger partial charge in [0, 0.05) is 24.4 Å². The highest BCUT2D eigenvalue weighted by Gasteiger charge is 2.11. The van der Waals surface area contributed by atoms with Crippen molar-refractivity contribution in [1.29, 1.82) is 0 Å². The van der Waals surface area contributed by atoms with Crippen LogP contribution in [0, 0.1) is 0 Å². The first-order chi connectivity index (χ1) is 8.74. The van der Waals surface area contributed by atoms with E-state index in [9.17, 15) is 9.59 Å². The predicted molar refractivity (Wildman–Crippen MR) is 71.6 cm³/mol. The monoisotopic (exact) mass is 247 g/mol. The molecule has 3 nitrogen and oxygen atoms in total. The summed E-state index contributed by atoms with van der Waals surface area (Å²) in [6.07, 6.45) is 9.30. The number of ketones is 2. The number of hydrogen-bond acceptors (Lipinski definition) is 3. The second-order valence-electron chi connectivity index (χ2n) is 4.54. The van der Waals surface area contributed by atoms with Crippen LogP contribution in [0.15, 0.2) is 24.5 Å². The molecule has 1 heterocycles. The Labute approximate surface area is 109 Å². The van der Waals surface area contributed by atoms with Crippen LogP contribution in [0.5, 0.6) is 0 Å². The molecule has 0 bridgehead atoms. The molecule has 0 amide bonds. The first-order valence-corrected chi connectivity index (χ1v) is 6.69. The normalized spacial score (nSPS) is 10.3. The highest BCUT2D eigenvalue weighted by Crippen LogP contribution is 2.08. The van der Waals surface area contributed by atoms with Gasteiger partial charge in [-0.2, -0.15) is 0 Å². The number of carbonyl (C=O) groups is 2. The first-order valence-electron chi connectivity index (χ1n) is 6.69. The number of nitrogens with zero attached hydrogens (tertiary/aromatic N) is 1. The van der Waals surface area contributed by atoms with Crippen LogP contribution in [0.25, 0.3) is 0 Å². The summed E-state index contributed by atoms with van der Waals surface area (Å²) in [4.78, 5) is 27.2. The standard InChI is InChI=1S/C15H21NO2/c1-2-3-4-5-6-7-14(17)12-15(18)13-8-10-16-11-9-13/h8-11H,2-7,12H2,1H3. The summed E-state index contributed by atoms with van der Waals surface area (Å²) in [6, 6.07) is 3.30. The lowest BCUT2D eigenvalue weighted by molar-refractivity contribution is -0.118. The van der Waals surface area contributed by atoms with Crippen molar-refractivity contribution < 1.29 is 9.59 Å². The van der Waals surface area contributed by atoms with Crippen LogP contribution in [0.3, 0.4) is 0 Å². The molecule has 0 aromatic carbocycles. The van der Waals surface area contributed by atoms with Gasteiger partial charge in [0.1, 0.15) is 5.78 Å². The minimum absolute atomic E-state index is 0.0256. The molecular formula is C15H21NO2. The highest BCUT2D eigenvalue weighted by atomic mass is 16.1. The predicted octanol–water partition coefficient (Wildman–Crippen LogP) is 3.58. The minimum atomic E-state index is -0.101. The van der Waals surface area contributed by atoms with Gasteiger partial charge in [0.05, 0.1) is 6.42 Å². The van der Waals surface area contributed by atoms with E-state index in [1.807, 2.05) is 0 Å². The van der Waals surface area contributed by atoms with Crippen molar-refractivity contribution in [1.82, 2.24) is 4.98 Å². The topological polar surface area (TPSA) is 47.0 Å². The summed E-state index contributed by atoms with van der Waals surface area (Å²) < 4.78 is 0. The third kappa shape index (κ3) is 5.71. The van der Waals surface area contributed by atoms with Crippen molar-refractivity contribution in [3.8, 4) is 0 Å². The average molecular weight is 247 g/mol. The number of Topliss-reactive ketones (excluding diaryl/α,β-unsaturated/α-hetero) is 2. The number of unbranched alkanes of at least 4 members (excludes halogenated alkanes) is 4. The molecule has 18 heavy (non-hydrogen) atoms. The Morgan fingerprint density at radius 2 is 1.72 bits per heavy atom. The SMILES string of the molecule is CCCCCCCC(=O)CC(=O)c1ccncc1. The number of aromatic nitrogens is 1. The van der Waals surface area contributed by atoms with Gasteiger partial charge in [-0.1, -0.05) is 32.6 Å². The molecular weight excluding hydrogens is 226 g/mol. The van der Waals surface area contributed by atoms with Gasteiger partial charge in [-0.15, -0.1) is 0 Å². The van der Waals surface area contributed by atoms with E-state index in [2.05, 4.69) is 11.9 Å². The van der Waals surface area contributed by atoms with E-state index >= 15 is 0 Å². The van der Waals surface area contributed by atoms with Crippen LogP contribution in [0.4, 0.5) is 0 Å². The molecule has 3 heteroatoms. The molecule has 0 aliphatic carbocycles. The fraction of sp³-hybridized carbons (Fsp3) is 0.533. The summed E-state index contributed by atoms with van der Waals surface area (Å²) in [7, 11) is 0.